The molecule has 3 aliphatic rings. The van der Waals surface area contributed by atoms with Crippen LogP contribution in [0.15, 0.2) is 210 Å². The molecule has 0 fully saturated rings. The Morgan fingerprint density at radius 1 is 0.536 bits per heavy atom. The molecule has 3 unspecified atom stereocenters. The number of amidine groups is 1. The maximum Gasteiger partial charge on any atom is 0.155 e. The lowest BCUT2D eigenvalue weighted by atomic mass is 9.88. The lowest BCUT2D eigenvalue weighted by Crippen LogP contribution is -2.30. The molecule has 0 saturated heterocycles. The average molecular weight is 736 g/mol. The molecule has 0 spiro atoms. The molecule has 0 saturated carbocycles. The van der Waals surface area contributed by atoms with E-state index in [4.69, 9.17) is 9.98 Å². The van der Waals surface area contributed by atoms with Crippen molar-refractivity contribution in [2.45, 2.75) is 24.4 Å². The molecule has 4 heteroatoms. The SMILES string of the molecule is C1=CC2c3ccccc3N(c3cccc4c3sc3c(-c5ccccc5)cccc34)C2C=C1C1=NC(c2ccc(-c3ccccc3)cc2)CC(c2ccccc2)=N1. The van der Waals surface area contributed by atoms with Gasteiger partial charge in [-0.1, -0.05) is 176 Å². The largest absolute Gasteiger partial charge is 0.332 e. The van der Waals surface area contributed by atoms with E-state index in [2.05, 4.69) is 199 Å². The van der Waals surface area contributed by atoms with Crippen LogP contribution in [0.4, 0.5) is 11.4 Å². The first-order valence-corrected chi connectivity index (χ1v) is 20.2. The highest BCUT2D eigenvalue weighted by molar-refractivity contribution is 7.27. The minimum atomic E-state index is -0.0439. The Kier molecular flexibility index (Phi) is 7.96. The number of benzene rings is 7. The number of hydrogen-bond acceptors (Lipinski definition) is 4. The molecule has 1 aliphatic carbocycles. The second-order valence-electron chi connectivity index (χ2n) is 14.8. The number of hydrogen-bond donors (Lipinski definition) is 0. The molecule has 0 bridgehead atoms. The van der Waals surface area contributed by atoms with Gasteiger partial charge < -0.3 is 4.90 Å². The standard InChI is InChI=1S/C52H37N3S/c1-4-14-34(15-5-1)35-26-28-38(29-27-35)46-33-45(37-18-8-3-9-19-37)53-52(54-46)39-30-31-42-41-20-10-11-24-47(41)55(49(42)32-39)48-25-13-23-44-43-22-12-21-40(50(43)56-51(44)48)36-16-6-2-7-17-36/h1-32,42,46,49H,33H2. The van der Waals surface area contributed by atoms with Gasteiger partial charge in [0.1, 0.15) is 0 Å². The van der Waals surface area contributed by atoms with E-state index < -0.39 is 0 Å². The summed E-state index contributed by atoms with van der Waals surface area (Å²) in [6.07, 6.45) is 7.82. The first kappa shape index (κ1) is 32.8. The average Bonchev–Trinajstić information content (AvgIpc) is 3.83. The molecule has 11 rings (SSSR count). The van der Waals surface area contributed by atoms with E-state index in [9.17, 15) is 0 Å². The normalized spacial score (nSPS) is 18.7. The second kappa shape index (κ2) is 13.6. The van der Waals surface area contributed by atoms with Crippen LogP contribution in [0.2, 0.25) is 0 Å². The molecule has 266 valence electrons. The minimum absolute atomic E-state index is 0.0439. The molecule has 0 radical (unpaired) electrons. The number of aliphatic imine (C=N–C) groups is 2. The van der Waals surface area contributed by atoms with Crippen molar-refractivity contribution in [3.05, 3.63) is 216 Å². The summed E-state index contributed by atoms with van der Waals surface area (Å²) in [5, 5.41) is 2.60. The Bertz CT molecular complexity index is 2880. The zero-order valence-corrected chi connectivity index (χ0v) is 31.5. The molecule has 2 aliphatic heterocycles. The van der Waals surface area contributed by atoms with Gasteiger partial charge in [-0.25, -0.2) is 4.99 Å². The Morgan fingerprint density at radius 2 is 1.16 bits per heavy atom. The molecule has 3 nitrogen and oxygen atoms in total. The van der Waals surface area contributed by atoms with E-state index in [0.717, 1.165) is 29.1 Å². The Labute approximate surface area is 331 Å². The fourth-order valence-corrected chi connectivity index (χ4v) is 10.2. The van der Waals surface area contributed by atoms with Gasteiger partial charge in [0.05, 0.1) is 28.2 Å². The van der Waals surface area contributed by atoms with Gasteiger partial charge in [0.15, 0.2) is 5.84 Å². The fraction of sp³-hybridized carbons (Fsp3) is 0.0769. The Hall–Kier alpha value is -6.62. The van der Waals surface area contributed by atoms with Gasteiger partial charge in [-0.3, -0.25) is 4.99 Å². The predicted octanol–water partition coefficient (Wildman–Crippen LogP) is 13.5. The van der Waals surface area contributed by atoms with Crippen molar-refractivity contribution < 1.29 is 0 Å². The summed E-state index contributed by atoms with van der Waals surface area (Å²) in [6, 6.07) is 63.4. The summed E-state index contributed by atoms with van der Waals surface area (Å²) in [7, 11) is 0. The van der Waals surface area contributed by atoms with Crippen molar-refractivity contribution in [2.75, 3.05) is 4.90 Å². The van der Waals surface area contributed by atoms with Crippen molar-refractivity contribution in [3.8, 4) is 22.3 Å². The molecular formula is C52H37N3S. The van der Waals surface area contributed by atoms with Crippen molar-refractivity contribution in [1.29, 1.82) is 0 Å². The van der Waals surface area contributed by atoms with E-state index in [1.165, 1.54) is 64.9 Å². The van der Waals surface area contributed by atoms with Crippen molar-refractivity contribution in [3.63, 3.8) is 0 Å². The van der Waals surface area contributed by atoms with Gasteiger partial charge >= 0.3 is 0 Å². The van der Waals surface area contributed by atoms with Crippen LogP contribution in [-0.4, -0.2) is 17.6 Å². The van der Waals surface area contributed by atoms with Crippen LogP contribution in [-0.2, 0) is 0 Å². The van der Waals surface area contributed by atoms with Gasteiger partial charge in [-0.2, -0.15) is 0 Å². The topological polar surface area (TPSA) is 28.0 Å². The van der Waals surface area contributed by atoms with Crippen LogP contribution in [0.5, 0.6) is 0 Å². The van der Waals surface area contributed by atoms with Gasteiger partial charge in [-0.15, -0.1) is 11.3 Å². The molecule has 0 N–H and O–H groups in total. The smallest absolute Gasteiger partial charge is 0.155 e. The number of fused-ring (bicyclic) bond motifs is 6. The third-order valence-electron chi connectivity index (χ3n) is 11.6. The fourth-order valence-electron chi connectivity index (χ4n) is 8.87. The summed E-state index contributed by atoms with van der Waals surface area (Å²) < 4.78 is 2.64. The van der Waals surface area contributed by atoms with Crippen LogP contribution >= 0.6 is 11.3 Å². The van der Waals surface area contributed by atoms with Crippen LogP contribution < -0.4 is 4.90 Å². The molecule has 7 aromatic carbocycles. The molecule has 8 aromatic rings. The van der Waals surface area contributed by atoms with Crippen molar-refractivity contribution in [2.24, 2.45) is 9.98 Å². The van der Waals surface area contributed by atoms with E-state index in [1.54, 1.807) is 0 Å². The number of thiophene rings is 1. The number of rotatable bonds is 6. The van der Waals surface area contributed by atoms with Gasteiger partial charge in [0.2, 0.25) is 0 Å². The van der Waals surface area contributed by atoms with Crippen molar-refractivity contribution >= 4 is 54.4 Å². The molecule has 56 heavy (non-hydrogen) atoms. The summed E-state index contributed by atoms with van der Waals surface area (Å²) in [6.45, 7) is 0. The molecule has 0 amide bonds. The molecule has 1 aromatic heterocycles. The van der Waals surface area contributed by atoms with Crippen LogP contribution in [0, 0.1) is 0 Å². The maximum absolute atomic E-state index is 5.43. The molecule has 3 heterocycles. The monoisotopic (exact) mass is 735 g/mol. The van der Waals surface area contributed by atoms with Crippen LogP contribution in [0.3, 0.4) is 0 Å². The van der Waals surface area contributed by atoms with Gasteiger partial charge in [-0.05, 0) is 57.2 Å². The predicted molar refractivity (Wildman–Crippen MR) is 237 cm³/mol. The minimum Gasteiger partial charge on any atom is -0.332 e. The molecule has 3 atom stereocenters. The Morgan fingerprint density at radius 3 is 1.93 bits per heavy atom. The van der Waals surface area contributed by atoms with E-state index in [1.807, 2.05) is 11.3 Å². The number of nitrogens with zero attached hydrogens (tertiary/aromatic N) is 3. The summed E-state index contributed by atoms with van der Waals surface area (Å²) in [5.41, 5.74) is 13.3. The lowest BCUT2D eigenvalue weighted by molar-refractivity contribution is 0.737. The quantitative estimate of drug-likeness (QED) is 0.167. The van der Waals surface area contributed by atoms with Gasteiger partial charge in [0, 0.05) is 39.1 Å². The van der Waals surface area contributed by atoms with E-state index in [0.29, 0.717) is 0 Å². The summed E-state index contributed by atoms with van der Waals surface area (Å²) in [5.74, 6) is 1.01. The van der Waals surface area contributed by atoms with Crippen LogP contribution in [0.25, 0.3) is 42.4 Å². The number of para-hydroxylation sites is 1. The second-order valence-corrected chi connectivity index (χ2v) is 15.8. The third-order valence-corrected chi connectivity index (χ3v) is 12.9. The highest BCUT2D eigenvalue weighted by atomic mass is 32.1. The first-order chi connectivity index (χ1) is 27.8. The van der Waals surface area contributed by atoms with E-state index >= 15 is 0 Å². The maximum atomic E-state index is 5.43. The Balaban J connectivity index is 1.03. The highest BCUT2D eigenvalue weighted by Gasteiger charge is 2.40. The highest BCUT2D eigenvalue weighted by Crippen LogP contribution is 2.52. The summed E-state index contributed by atoms with van der Waals surface area (Å²) in [4.78, 5) is 13.3. The molecular weight excluding hydrogens is 699 g/mol. The summed E-state index contributed by atoms with van der Waals surface area (Å²) >= 11 is 1.91. The lowest BCUT2D eigenvalue weighted by Gasteiger charge is -2.31. The third kappa shape index (κ3) is 5.56. The van der Waals surface area contributed by atoms with Crippen LogP contribution in [0.1, 0.15) is 35.1 Å². The first-order valence-electron chi connectivity index (χ1n) is 19.4. The van der Waals surface area contributed by atoms with E-state index in [-0.39, 0.29) is 18.0 Å². The zero-order valence-electron chi connectivity index (χ0n) is 30.7. The van der Waals surface area contributed by atoms with Gasteiger partial charge in [0.25, 0.3) is 0 Å². The van der Waals surface area contributed by atoms with Crippen molar-refractivity contribution in [1.82, 2.24) is 0 Å². The number of anilines is 2. The zero-order chi connectivity index (χ0) is 37.0.